The standard InChI is InChI=1S/C12H18N6O/c1-8-10-5-9(6-14-3-4-15-12(13)19)7-16-11(10)18(2)17-8/h5,7,14H,3-4,6H2,1-2H3,(H3,13,15,19). The Balaban J connectivity index is 1.94. The van der Waals surface area contributed by atoms with Gasteiger partial charge in [0.15, 0.2) is 5.65 Å². The first-order chi connectivity index (χ1) is 9.08. The molecule has 102 valence electrons. The van der Waals surface area contributed by atoms with Gasteiger partial charge in [-0.2, -0.15) is 5.10 Å². The Labute approximate surface area is 111 Å². The molecule has 0 saturated heterocycles. The number of carbonyl (C=O) groups excluding carboxylic acids is 1. The molecule has 0 bridgehead atoms. The lowest BCUT2D eigenvalue weighted by Crippen LogP contribution is -2.35. The monoisotopic (exact) mass is 262 g/mol. The number of hydrogen-bond acceptors (Lipinski definition) is 4. The molecule has 2 heterocycles. The second kappa shape index (κ2) is 5.66. The molecule has 0 aliphatic carbocycles. The van der Waals surface area contributed by atoms with E-state index in [1.54, 1.807) is 4.68 Å². The average Bonchev–Trinajstić information content (AvgIpc) is 2.64. The van der Waals surface area contributed by atoms with Crippen molar-refractivity contribution in [3.63, 3.8) is 0 Å². The molecular weight excluding hydrogens is 244 g/mol. The minimum absolute atomic E-state index is 0.504. The quantitative estimate of drug-likeness (QED) is 0.662. The summed E-state index contributed by atoms with van der Waals surface area (Å²) in [5.74, 6) is 0. The molecule has 0 unspecified atom stereocenters. The van der Waals surface area contributed by atoms with Gasteiger partial charge >= 0.3 is 6.03 Å². The number of amides is 2. The largest absolute Gasteiger partial charge is 0.352 e. The third-order valence-corrected chi connectivity index (χ3v) is 2.85. The van der Waals surface area contributed by atoms with Gasteiger partial charge in [0.1, 0.15) is 0 Å². The molecule has 0 aliphatic rings. The number of nitrogens with two attached hydrogens (primary N) is 1. The molecule has 4 N–H and O–H groups in total. The maximum absolute atomic E-state index is 10.5. The van der Waals surface area contributed by atoms with Gasteiger partial charge in [-0.25, -0.2) is 9.78 Å². The Morgan fingerprint density at radius 1 is 1.47 bits per heavy atom. The summed E-state index contributed by atoms with van der Waals surface area (Å²) >= 11 is 0. The van der Waals surface area contributed by atoms with Crippen LogP contribution in [0.1, 0.15) is 11.3 Å². The predicted octanol–water partition coefficient (Wildman–Crippen LogP) is 0.0346. The summed E-state index contributed by atoms with van der Waals surface area (Å²) in [5, 5.41) is 11.1. The lowest BCUT2D eigenvalue weighted by Gasteiger charge is -2.05. The van der Waals surface area contributed by atoms with E-state index in [1.807, 2.05) is 20.2 Å². The van der Waals surface area contributed by atoms with E-state index in [0.717, 1.165) is 22.3 Å². The molecule has 7 nitrogen and oxygen atoms in total. The van der Waals surface area contributed by atoms with Crippen LogP contribution in [0.3, 0.4) is 0 Å². The van der Waals surface area contributed by atoms with E-state index >= 15 is 0 Å². The van der Waals surface area contributed by atoms with E-state index in [1.165, 1.54) is 0 Å². The molecule has 7 heteroatoms. The number of urea groups is 1. The molecule has 2 amide bonds. The maximum Gasteiger partial charge on any atom is 0.312 e. The van der Waals surface area contributed by atoms with Crippen LogP contribution in [0.15, 0.2) is 12.3 Å². The highest BCUT2D eigenvalue weighted by atomic mass is 16.2. The predicted molar refractivity (Wildman–Crippen MR) is 72.5 cm³/mol. The van der Waals surface area contributed by atoms with Crippen molar-refractivity contribution < 1.29 is 4.79 Å². The number of nitrogens with zero attached hydrogens (tertiary/aromatic N) is 3. The number of rotatable bonds is 5. The molecular formula is C12H18N6O. The van der Waals surface area contributed by atoms with E-state index in [0.29, 0.717) is 19.6 Å². The summed E-state index contributed by atoms with van der Waals surface area (Å²) in [7, 11) is 1.88. The lowest BCUT2D eigenvalue weighted by atomic mass is 10.2. The van der Waals surface area contributed by atoms with Crippen LogP contribution in [0.25, 0.3) is 11.0 Å². The van der Waals surface area contributed by atoms with Crippen LogP contribution in [0.5, 0.6) is 0 Å². The van der Waals surface area contributed by atoms with Crippen LogP contribution in [-0.2, 0) is 13.6 Å². The first-order valence-corrected chi connectivity index (χ1v) is 6.10. The van der Waals surface area contributed by atoms with Gasteiger partial charge in [0.05, 0.1) is 5.69 Å². The molecule has 0 aliphatic heterocycles. The minimum atomic E-state index is -0.504. The van der Waals surface area contributed by atoms with E-state index in [2.05, 4.69) is 26.8 Å². The zero-order chi connectivity index (χ0) is 13.8. The Morgan fingerprint density at radius 2 is 2.26 bits per heavy atom. The Hall–Kier alpha value is -2.15. The second-order valence-corrected chi connectivity index (χ2v) is 4.39. The zero-order valence-corrected chi connectivity index (χ0v) is 11.1. The molecule has 0 fully saturated rings. The normalized spacial score (nSPS) is 10.8. The van der Waals surface area contributed by atoms with Crippen molar-refractivity contribution in [2.24, 2.45) is 12.8 Å². The molecule has 0 atom stereocenters. The average molecular weight is 262 g/mol. The number of pyridine rings is 1. The van der Waals surface area contributed by atoms with Crippen LogP contribution in [0.4, 0.5) is 4.79 Å². The van der Waals surface area contributed by atoms with Crippen LogP contribution in [-0.4, -0.2) is 33.9 Å². The third-order valence-electron chi connectivity index (χ3n) is 2.85. The highest BCUT2D eigenvalue weighted by Gasteiger charge is 2.06. The number of nitrogens with one attached hydrogen (secondary N) is 2. The van der Waals surface area contributed by atoms with Crippen molar-refractivity contribution in [2.45, 2.75) is 13.5 Å². The number of carbonyl (C=O) groups is 1. The summed E-state index contributed by atoms with van der Waals surface area (Å²) in [6.45, 7) is 3.83. The van der Waals surface area contributed by atoms with Crippen LogP contribution >= 0.6 is 0 Å². The van der Waals surface area contributed by atoms with Crippen molar-refractivity contribution in [3.05, 3.63) is 23.5 Å². The molecule has 2 aromatic heterocycles. The van der Waals surface area contributed by atoms with Crippen molar-refractivity contribution in [1.29, 1.82) is 0 Å². The van der Waals surface area contributed by atoms with Gasteiger partial charge in [-0.3, -0.25) is 4.68 Å². The minimum Gasteiger partial charge on any atom is -0.352 e. The number of aromatic nitrogens is 3. The summed E-state index contributed by atoms with van der Waals surface area (Å²) in [6, 6.07) is 1.58. The van der Waals surface area contributed by atoms with Gasteiger partial charge in [0.2, 0.25) is 0 Å². The fourth-order valence-corrected chi connectivity index (χ4v) is 1.95. The first-order valence-electron chi connectivity index (χ1n) is 6.10. The van der Waals surface area contributed by atoms with Crippen LogP contribution < -0.4 is 16.4 Å². The number of hydrogen-bond donors (Lipinski definition) is 3. The topological polar surface area (TPSA) is 97.9 Å². The lowest BCUT2D eigenvalue weighted by molar-refractivity contribution is 0.249. The van der Waals surface area contributed by atoms with Gasteiger partial charge in [0.25, 0.3) is 0 Å². The van der Waals surface area contributed by atoms with Gasteiger partial charge in [-0.1, -0.05) is 0 Å². The summed E-state index contributed by atoms with van der Waals surface area (Å²) in [5.41, 5.74) is 7.92. The van der Waals surface area contributed by atoms with Crippen molar-refractivity contribution >= 4 is 17.1 Å². The third kappa shape index (κ3) is 3.19. The molecule has 2 rings (SSSR count). The Kier molecular flexibility index (Phi) is 3.96. The summed E-state index contributed by atoms with van der Waals surface area (Å²) in [4.78, 5) is 14.9. The molecule has 0 aromatic carbocycles. The van der Waals surface area contributed by atoms with Crippen molar-refractivity contribution in [1.82, 2.24) is 25.4 Å². The van der Waals surface area contributed by atoms with Gasteiger partial charge < -0.3 is 16.4 Å². The fraction of sp³-hybridized carbons (Fsp3) is 0.417. The number of primary amides is 1. The second-order valence-electron chi connectivity index (χ2n) is 4.39. The number of fused-ring (bicyclic) bond motifs is 1. The highest BCUT2D eigenvalue weighted by Crippen LogP contribution is 2.16. The summed E-state index contributed by atoms with van der Waals surface area (Å²) in [6.07, 6.45) is 1.83. The zero-order valence-electron chi connectivity index (χ0n) is 11.1. The van der Waals surface area contributed by atoms with Gasteiger partial charge in [-0.15, -0.1) is 0 Å². The smallest absolute Gasteiger partial charge is 0.312 e. The van der Waals surface area contributed by atoms with E-state index in [-0.39, 0.29) is 0 Å². The molecule has 0 saturated carbocycles. The number of aryl methyl sites for hydroxylation is 2. The molecule has 0 spiro atoms. The van der Waals surface area contributed by atoms with Crippen LogP contribution in [0.2, 0.25) is 0 Å². The molecule has 19 heavy (non-hydrogen) atoms. The highest BCUT2D eigenvalue weighted by molar-refractivity contribution is 5.78. The van der Waals surface area contributed by atoms with Crippen molar-refractivity contribution in [3.8, 4) is 0 Å². The van der Waals surface area contributed by atoms with Crippen LogP contribution in [0, 0.1) is 6.92 Å². The Bertz CT molecular complexity index is 591. The maximum atomic E-state index is 10.5. The Morgan fingerprint density at radius 3 is 3.00 bits per heavy atom. The molecule has 2 aromatic rings. The van der Waals surface area contributed by atoms with E-state index < -0.39 is 6.03 Å². The van der Waals surface area contributed by atoms with E-state index in [4.69, 9.17) is 5.73 Å². The summed E-state index contributed by atoms with van der Waals surface area (Å²) < 4.78 is 1.78. The van der Waals surface area contributed by atoms with E-state index in [9.17, 15) is 4.79 Å². The van der Waals surface area contributed by atoms with Crippen molar-refractivity contribution in [2.75, 3.05) is 13.1 Å². The van der Waals surface area contributed by atoms with Gasteiger partial charge in [-0.05, 0) is 18.6 Å². The van der Waals surface area contributed by atoms with Gasteiger partial charge in [0, 0.05) is 38.3 Å². The SMILES string of the molecule is Cc1nn(C)c2ncc(CNCCNC(N)=O)cc12. The fourth-order valence-electron chi connectivity index (χ4n) is 1.95. The first kappa shape index (κ1) is 13.3. The molecule has 0 radical (unpaired) electrons.